The Labute approximate surface area is 147 Å². The minimum absolute atomic E-state index is 0.217. The van der Waals surface area contributed by atoms with E-state index in [-0.39, 0.29) is 11.8 Å². The lowest BCUT2D eigenvalue weighted by Crippen LogP contribution is -2.52. The van der Waals surface area contributed by atoms with Crippen LogP contribution in [-0.4, -0.2) is 24.0 Å². The number of rotatable bonds is 3. The van der Waals surface area contributed by atoms with E-state index in [0.29, 0.717) is 11.4 Å². The van der Waals surface area contributed by atoms with Crippen LogP contribution < -0.4 is 15.0 Å². The number of ether oxygens (including phenoxy) is 1. The summed E-state index contributed by atoms with van der Waals surface area (Å²) in [5.74, 6) is 0.169. The SMILES string of the molecule is Cc1ccc2c(c1)N(C(C)C(=O)Nc1ccccc1C)C(=O)C(C)O2. The van der Waals surface area contributed by atoms with Crippen LogP contribution in [0, 0.1) is 13.8 Å². The van der Waals surface area contributed by atoms with Crippen LogP contribution in [0.3, 0.4) is 0 Å². The lowest BCUT2D eigenvalue weighted by Gasteiger charge is -2.36. The summed E-state index contributed by atoms with van der Waals surface area (Å²) in [6, 6.07) is 12.6. The Kier molecular flexibility index (Phi) is 4.49. The number of benzene rings is 2. The highest BCUT2D eigenvalue weighted by molar-refractivity contribution is 6.08. The number of nitrogens with one attached hydrogen (secondary N) is 1. The van der Waals surface area contributed by atoms with Crippen LogP contribution in [-0.2, 0) is 9.59 Å². The molecule has 2 unspecified atom stereocenters. The summed E-state index contributed by atoms with van der Waals surface area (Å²) in [5.41, 5.74) is 3.36. The number of para-hydroxylation sites is 1. The van der Waals surface area contributed by atoms with Gasteiger partial charge < -0.3 is 10.1 Å². The van der Waals surface area contributed by atoms with Gasteiger partial charge in [-0.15, -0.1) is 0 Å². The second kappa shape index (κ2) is 6.59. The first-order chi connectivity index (χ1) is 11.9. The van der Waals surface area contributed by atoms with Crippen molar-refractivity contribution in [1.29, 1.82) is 0 Å². The molecule has 3 rings (SSSR count). The van der Waals surface area contributed by atoms with Crippen LogP contribution in [0.25, 0.3) is 0 Å². The average molecular weight is 338 g/mol. The first-order valence-electron chi connectivity index (χ1n) is 8.35. The normalized spacial score (nSPS) is 17.5. The van der Waals surface area contributed by atoms with E-state index in [1.54, 1.807) is 13.8 Å². The molecule has 130 valence electrons. The van der Waals surface area contributed by atoms with Gasteiger partial charge in [0.1, 0.15) is 11.8 Å². The molecule has 2 aromatic rings. The third kappa shape index (κ3) is 3.22. The first kappa shape index (κ1) is 17.0. The van der Waals surface area contributed by atoms with E-state index in [4.69, 9.17) is 4.74 Å². The van der Waals surface area contributed by atoms with E-state index < -0.39 is 12.1 Å². The number of fused-ring (bicyclic) bond motifs is 1. The largest absolute Gasteiger partial charge is 0.479 e. The molecule has 1 aliphatic rings. The van der Waals surface area contributed by atoms with Gasteiger partial charge >= 0.3 is 0 Å². The Bertz CT molecular complexity index is 831. The van der Waals surface area contributed by atoms with Gasteiger partial charge in [0.15, 0.2) is 6.10 Å². The molecule has 0 bridgehead atoms. The molecule has 5 nitrogen and oxygen atoms in total. The van der Waals surface area contributed by atoms with E-state index in [2.05, 4.69) is 5.32 Å². The van der Waals surface area contributed by atoms with Gasteiger partial charge in [-0.25, -0.2) is 0 Å². The zero-order valence-corrected chi connectivity index (χ0v) is 14.9. The number of aryl methyl sites for hydroxylation is 2. The van der Waals surface area contributed by atoms with E-state index >= 15 is 0 Å². The minimum atomic E-state index is -0.654. The van der Waals surface area contributed by atoms with Gasteiger partial charge in [0, 0.05) is 5.69 Å². The zero-order valence-electron chi connectivity index (χ0n) is 14.9. The average Bonchev–Trinajstić information content (AvgIpc) is 2.58. The van der Waals surface area contributed by atoms with Crippen LogP contribution in [0.2, 0.25) is 0 Å². The van der Waals surface area contributed by atoms with E-state index in [9.17, 15) is 9.59 Å². The minimum Gasteiger partial charge on any atom is -0.479 e. The topological polar surface area (TPSA) is 58.6 Å². The summed E-state index contributed by atoms with van der Waals surface area (Å²) in [6.45, 7) is 7.31. The van der Waals surface area contributed by atoms with Crippen LogP contribution in [0.1, 0.15) is 25.0 Å². The van der Waals surface area contributed by atoms with Gasteiger partial charge in [-0.2, -0.15) is 0 Å². The Morgan fingerprint density at radius 3 is 2.64 bits per heavy atom. The molecule has 0 radical (unpaired) electrons. The molecule has 2 amide bonds. The number of anilines is 2. The van der Waals surface area contributed by atoms with Gasteiger partial charge in [0.05, 0.1) is 5.69 Å². The van der Waals surface area contributed by atoms with Gasteiger partial charge in [-0.05, 0) is 57.0 Å². The molecule has 0 saturated carbocycles. The number of amides is 2. The van der Waals surface area contributed by atoms with Gasteiger partial charge in [-0.1, -0.05) is 24.3 Å². The maximum Gasteiger partial charge on any atom is 0.268 e. The van der Waals surface area contributed by atoms with E-state index in [1.807, 2.05) is 56.3 Å². The van der Waals surface area contributed by atoms with Crippen LogP contribution in [0.5, 0.6) is 5.75 Å². The predicted octanol–water partition coefficient (Wildman–Crippen LogP) is 3.44. The summed E-state index contributed by atoms with van der Waals surface area (Å²) in [5, 5.41) is 2.91. The maximum absolute atomic E-state index is 12.8. The molecule has 25 heavy (non-hydrogen) atoms. The third-order valence-corrected chi connectivity index (χ3v) is 4.43. The molecule has 0 saturated heterocycles. The van der Waals surface area contributed by atoms with Gasteiger partial charge in [-0.3, -0.25) is 14.5 Å². The molecular weight excluding hydrogens is 316 g/mol. The summed E-state index contributed by atoms with van der Waals surface area (Å²) in [4.78, 5) is 27.0. The van der Waals surface area contributed by atoms with Gasteiger partial charge in [0.25, 0.3) is 5.91 Å². The van der Waals surface area contributed by atoms with E-state index in [1.165, 1.54) is 4.90 Å². The third-order valence-electron chi connectivity index (χ3n) is 4.43. The first-order valence-corrected chi connectivity index (χ1v) is 8.35. The predicted molar refractivity (Wildman–Crippen MR) is 98.0 cm³/mol. The highest BCUT2D eigenvalue weighted by Crippen LogP contribution is 2.36. The van der Waals surface area contributed by atoms with Crippen molar-refractivity contribution in [1.82, 2.24) is 0 Å². The Morgan fingerprint density at radius 1 is 1.20 bits per heavy atom. The van der Waals surface area contributed by atoms with Crippen molar-refractivity contribution in [2.75, 3.05) is 10.2 Å². The number of carbonyl (C=O) groups is 2. The van der Waals surface area contributed by atoms with Crippen molar-refractivity contribution < 1.29 is 14.3 Å². The van der Waals surface area contributed by atoms with E-state index in [0.717, 1.165) is 16.8 Å². The number of hydrogen-bond acceptors (Lipinski definition) is 3. The smallest absolute Gasteiger partial charge is 0.268 e. The van der Waals surface area contributed by atoms with Crippen LogP contribution in [0.4, 0.5) is 11.4 Å². The summed E-state index contributed by atoms with van der Waals surface area (Å²) >= 11 is 0. The van der Waals surface area contributed by atoms with Gasteiger partial charge in [0.2, 0.25) is 5.91 Å². The molecule has 2 atom stereocenters. The number of hydrogen-bond donors (Lipinski definition) is 1. The summed E-state index contributed by atoms with van der Waals surface area (Å²) in [6.07, 6.45) is -0.621. The van der Waals surface area contributed by atoms with Crippen molar-refractivity contribution in [2.24, 2.45) is 0 Å². The summed E-state index contributed by atoms with van der Waals surface area (Å²) in [7, 11) is 0. The lowest BCUT2D eigenvalue weighted by molar-refractivity contribution is -0.128. The molecule has 0 aromatic heterocycles. The second-order valence-electron chi connectivity index (χ2n) is 6.42. The Morgan fingerprint density at radius 2 is 1.92 bits per heavy atom. The molecule has 0 spiro atoms. The molecule has 1 aliphatic heterocycles. The molecule has 2 aromatic carbocycles. The quantitative estimate of drug-likeness (QED) is 0.932. The molecule has 5 heteroatoms. The molecular formula is C20H22N2O3. The monoisotopic (exact) mass is 338 g/mol. The van der Waals surface area contributed by atoms with Crippen molar-refractivity contribution in [2.45, 2.75) is 39.8 Å². The highest BCUT2D eigenvalue weighted by atomic mass is 16.5. The Balaban J connectivity index is 1.91. The molecule has 0 aliphatic carbocycles. The summed E-state index contributed by atoms with van der Waals surface area (Å²) < 4.78 is 5.67. The fraction of sp³-hybridized carbons (Fsp3) is 0.300. The number of carbonyl (C=O) groups excluding carboxylic acids is 2. The number of nitrogens with zero attached hydrogens (tertiary/aromatic N) is 1. The molecule has 1 N–H and O–H groups in total. The van der Waals surface area contributed by atoms with Crippen LogP contribution in [0.15, 0.2) is 42.5 Å². The van der Waals surface area contributed by atoms with Crippen molar-refractivity contribution in [3.05, 3.63) is 53.6 Å². The standard InChI is InChI=1S/C20H22N2O3/c1-12-9-10-18-17(11-12)22(20(24)15(4)25-18)14(3)19(23)21-16-8-6-5-7-13(16)2/h5-11,14-15H,1-4H3,(H,21,23). The van der Waals surface area contributed by atoms with Crippen molar-refractivity contribution in [3.8, 4) is 5.75 Å². The lowest BCUT2D eigenvalue weighted by atomic mass is 10.1. The maximum atomic E-state index is 12.8. The van der Waals surface area contributed by atoms with Crippen molar-refractivity contribution >= 4 is 23.2 Å². The molecule has 1 heterocycles. The zero-order chi connectivity index (χ0) is 18.1. The Hall–Kier alpha value is -2.82. The van der Waals surface area contributed by atoms with Crippen LogP contribution >= 0.6 is 0 Å². The highest BCUT2D eigenvalue weighted by Gasteiger charge is 2.37. The second-order valence-corrected chi connectivity index (χ2v) is 6.42. The molecule has 0 fully saturated rings. The fourth-order valence-corrected chi connectivity index (χ4v) is 2.94. The van der Waals surface area contributed by atoms with Crippen molar-refractivity contribution in [3.63, 3.8) is 0 Å². The fourth-order valence-electron chi connectivity index (χ4n) is 2.94.